The molecule has 0 atom stereocenters. The van der Waals surface area contributed by atoms with Gasteiger partial charge >= 0.3 is 0 Å². The molecule has 1 saturated carbocycles. The van der Waals surface area contributed by atoms with E-state index in [2.05, 4.69) is 34.8 Å². The largest absolute Gasteiger partial charge is 0.489 e. The normalized spacial score (nSPS) is 18.9. The summed E-state index contributed by atoms with van der Waals surface area (Å²) in [5, 5.41) is 0. The molecule has 3 rings (SSSR count). The van der Waals surface area contributed by atoms with Crippen molar-refractivity contribution in [2.75, 3.05) is 13.2 Å². The van der Waals surface area contributed by atoms with Crippen LogP contribution in [0.1, 0.15) is 50.2 Å². The number of hydrogen-bond donors (Lipinski definition) is 0. The van der Waals surface area contributed by atoms with Gasteiger partial charge in [-0.05, 0) is 46.3 Å². The molecule has 1 heterocycles. The maximum atomic E-state index is 10.8. The molecule has 0 N–H and O–H groups in total. The highest BCUT2D eigenvalue weighted by molar-refractivity contribution is 9.10. The topological polar surface area (TPSA) is 47.9 Å². The number of halogens is 1. The molecule has 0 bridgehead atoms. The second-order valence-electron chi connectivity index (χ2n) is 5.92. The molecular formula is C16H18BrNO3. The van der Waals surface area contributed by atoms with Crippen LogP contribution >= 0.6 is 15.9 Å². The number of fused-ring (bicyclic) bond motifs is 1. The molecule has 112 valence electrons. The zero-order valence-corrected chi connectivity index (χ0v) is 13.8. The summed E-state index contributed by atoms with van der Waals surface area (Å²) in [6, 6.07) is 2.04. The highest BCUT2D eigenvalue weighted by Crippen LogP contribution is 2.56. The van der Waals surface area contributed by atoms with Gasteiger partial charge in [0.15, 0.2) is 11.5 Å². The van der Waals surface area contributed by atoms with Crippen molar-refractivity contribution < 1.29 is 14.3 Å². The van der Waals surface area contributed by atoms with Crippen molar-refractivity contribution in [2.24, 2.45) is 4.99 Å². The number of ether oxygens (including phenoxy) is 2. The Morgan fingerprint density at radius 1 is 1.29 bits per heavy atom. The molecule has 1 aromatic rings. The fourth-order valence-corrected chi connectivity index (χ4v) is 3.44. The van der Waals surface area contributed by atoms with E-state index < -0.39 is 5.54 Å². The molecule has 2 aliphatic rings. The van der Waals surface area contributed by atoms with E-state index in [-0.39, 0.29) is 5.92 Å². The van der Waals surface area contributed by atoms with E-state index >= 15 is 0 Å². The Morgan fingerprint density at radius 2 is 1.95 bits per heavy atom. The van der Waals surface area contributed by atoms with E-state index in [1.54, 1.807) is 6.08 Å². The Kier molecular flexibility index (Phi) is 3.80. The molecule has 5 heteroatoms. The quantitative estimate of drug-likeness (QED) is 0.609. The van der Waals surface area contributed by atoms with Gasteiger partial charge in [0.1, 0.15) is 0 Å². The minimum absolute atomic E-state index is 0.267. The molecular weight excluding hydrogens is 334 g/mol. The van der Waals surface area contributed by atoms with E-state index in [1.165, 1.54) is 0 Å². The molecule has 0 radical (unpaired) electrons. The predicted molar refractivity (Wildman–Crippen MR) is 82.9 cm³/mol. The third-order valence-corrected chi connectivity index (χ3v) is 4.66. The first-order chi connectivity index (χ1) is 10.1. The molecule has 0 amide bonds. The molecule has 1 aromatic carbocycles. The third-order valence-electron chi connectivity index (χ3n) is 4.07. The Morgan fingerprint density at radius 3 is 2.52 bits per heavy atom. The van der Waals surface area contributed by atoms with Crippen molar-refractivity contribution in [1.82, 2.24) is 0 Å². The van der Waals surface area contributed by atoms with Gasteiger partial charge in [0.25, 0.3) is 0 Å². The van der Waals surface area contributed by atoms with Crippen LogP contribution in [0, 0.1) is 0 Å². The standard InChI is InChI=1S/C16H18BrNO3/c1-10(2)13-11(16(4-5-16)18-9-19)8-12(17)14-15(13)21-7-3-6-20-14/h8,10H,3-7H2,1-2H3. The lowest BCUT2D eigenvalue weighted by molar-refractivity contribution is 0.295. The van der Waals surface area contributed by atoms with Gasteiger partial charge in [0.05, 0.1) is 23.2 Å². The first kappa shape index (κ1) is 14.6. The van der Waals surface area contributed by atoms with Crippen molar-refractivity contribution in [3.05, 3.63) is 21.7 Å². The molecule has 0 saturated heterocycles. The average Bonchev–Trinajstić information content (AvgIpc) is 3.22. The Balaban J connectivity index is 2.23. The molecule has 0 unspecified atom stereocenters. The zero-order valence-electron chi connectivity index (χ0n) is 12.2. The highest BCUT2D eigenvalue weighted by atomic mass is 79.9. The Hall–Kier alpha value is -1.32. The average molecular weight is 352 g/mol. The summed E-state index contributed by atoms with van der Waals surface area (Å²) in [7, 11) is 0. The number of carbonyl (C=O) groups excluding carboxylic acids is 1. The van der Waals surface area contributed by atoms with Crippen LogP contribution in [0.2, 0.25) is 0 Å². The van der Waals surface area contributed by atoms with E-state index in [0.29, 0.717) is 13.2 Å². The van der Waals surface area contributed by atoms with E-state index in [1.807, 2.05) is 6.07 Å². The predicted octanol–water partition coefficient (Wildman–Crippen LogP) is 4.06. The summed E-state index contributed by atoms with van der Waals surface area (Å²) in [5.74, 6) is 1.84. The van der Waals surface area contributed by atoms with Crippen LogP contribution in [0.4, 0.5) is 0 Å². The number of benzene rings is 1. The smallest absolute Gasteiger partial charge is 0.235 e. The van der Waals surface area contributed by atoms with Crippen LogP contribution < -0.4 is 9.47 Å². The maximum absolute atomic E-state index is 10.8. The number of hydrogen-bond acceptors (Lipinski definition) is 4. The second kappa shape index (κ2) is 5.47. The van der Waals surface area contributed by atoms with Crippen LogP contribution in [-0.4, -0.2) is 19.3 Å². The van der Waals surface area contributed by atoms with Crippen LogP contribution in [0.5, 0.6) is 11.5 Å². The number of nitrogens with zero attached hydrogens (tertiary/aromatic N) is 1. The van der Waals surface area contributed by atoms with Crippen LogP contribution in [0.15, 0.2) is 15.5 Å². The van der Waals surface area contributed by atoms with Crippen molar-refractivity contribution in [1.29, 1.82) is 0 Å². The summed E-state index contributed by atoms with van der Waals surface area (Å²) in [6.07, 6.45) is 4.37. The molecule has 1 fully saturated rings. The second-order valence-corrected chi connectivity index (χ2v) is 6.77. The summed E-state index contributed by atoms with van der Waals surface area (Å²) in [4.78, 5) is 14.9. The van der Waals surface area contributed by atoms with Crippen LogP contribution in [-0.2, 0) is 10.3 Å². The first-order valence-corrected chi connectivity index (χ1v) is 8.10. The molecule has 0 aromatic heterocycles. The lowest BCUT2D eigenvalue weighted by Gasteiger charge is -2.23. The summed E-state index contributed by atoms with van der Waals surface area (Å²) in [5.41, 5.74) is 1.76. The van der Waals surface area contributed by atoms with E-state index in [4.69, 9.17) is 9.47 Å². The Labute approximate surface area is 132 Å². The fraction of sp³-hybridized carbons (Fsp3) is 0.562. The SMILES string of the molecule is CC(C)c1c(C2(N=C=O)CC2)cc(Br)c2c1OCCCO2. The van der Waals surface area contributed by atoms with Crippen molar-refractivity contribution >= 4 is 22.0 Å². The van der Waals surface area contributed by atoms with Crippen molar-refractivity contribution in [3.8, 4) is 11.5 Å². The van der Waals surface area contributed by atoms with E-state index in [9.17, 15) is 4.79 Å². The molecule has 1 aliphatic heterocycles. The lowest BCUT2D eigenvalue weighted by Crippen LogP contribution is -2.11. The summed E-state index contributed by atoms with van der Waals surface area (Å²) in [6.45, 7) is 5.55. The van der Waals surface area contributed by atoms with Gasteiger partial charge in [-0.3, -0.25) is 0 Å². The van der Waals surface area contributed by atoms with Gasteiger partial charge in [-0.25, -0.2) is 4.79 Å². The zero-order chi connectivity index (χ0) is 15.0. The number of rotatable bonds is 3. The van der Waals surface area contributed by atoms with Gasteiger partial charge in [-0.2, -0.15) is 4.99 Å². The monoisotopic (exact) mass is 351 g/mol. The van der Waals surface area contributed by atoms with Gasteiger partial charge in [0.2, 0.25) is 6.08 Å². The minimum atomic E-state index is -0.408. The van der Waals surface area contributed by atoms with Crippen LogP contribution in [0.25, 0.3) is 0 Å². The Bertz CT molecular complexity index is 616. The van der Waals surface area contributed by atoms with E-state index in [0.717, 1.165) is 46.4 Å². The third kappa shape index (κ3) is 2.49. The molecule has 0 spiro atoms. The minimum Gasteiger partial charge on any atom is -0.489 e. The van der Waals surface area contributed by atoms with Gasteiger partial charge in [-0.15, -0.1) is 0 Å². The van der Waals surface area contributed by atoms with Crippen molar-refractivity contribution in [2.45, 2.75) is 44.6 Å². The lowest BCUT2D eigenvalue weighted by atomic mass is 9.90. The number of aliphatic imine (C=N–C) groups is 1. The van der Waals surface area contributed by atoms with Gasteiger partial charge < -0.3 is 9.47 Å². The fourth-order valence-electron chi connectivity index (χ4n) is 2.91. The van der Waals surface area contributed by atoms with Crippen LogP contribution in [0.3, 0.4) is 0 Å². The molecule has 21 heavy (non-hydrogen) atoms. The molecule has 1 aliphatic carbocycles. The summed E-state index contributed by atoms with van der Waals surface area (Å²) < 4.78 is 12.7. The summed E-state index contributed by atoms with van der Waals surface area (Å²) >= 11 is 3.58. The van der Waals surface area contributed by atoms with Gasteiger partial charge in [0, 0.05) is 12.0 Å². The first-order valence-electron chi connectivity index (χ1n) is 7.30. The van der Waals surface area contributed by atoms with Crippen molar-refractivity contribution in [3.63, 3.8) is 0 Å². The van der Waals surface area contributed by atoms with Gasteiger partial charge in [-0.1, -0.05) is 13.8 Å². The highest BCUT2D eigenvalue weighted by Gasteiger charge is 2.48. The maximum Gasteiger partial charge on any atom is 0.235 e. The number of isocyanates is 1. The molecule has 4 nitrogen and oxygen atoms in total.